The Balaban J connectivity index is 0.00000121. The molecule has 0 N–H and O–H groups in total. The van der Waals surface area contributed by atoms with E-state index in [0.29, 0.717) is 0 Å². The molecule has 1 aromatic rings. The Morgan fingerprint density at radius 1 is 0.882 bits per heavy atom. The van der Waals surface area contributed by atoms with Gasteiger partial charge in [0.15, 0.2) is 0 Å². The molecular formula is C17H30. The zero-order valence-corrected chi connectivity index (χ0v) is 12.6. The van der Waals surface area contributed by atoms with Gasteiger partial charge in [-0.25, -0.2) is 0 Å². The van der Waals surface area contributed by atoms with E-state index in [-0.39, 0.29) is 0 Å². The van der Waals surface area contributed by atoms with Crippen LogP contribution in [0.4, 0.5) is 0 Å². The number of rotatable bonds is 5. The van der Waals surface area contributed by atoms with Gasteiger partial charge in [-0.15, -0.1) is 0 Å². The van der Waals surface area contributed by atoms with Gasteiger partial charge < -0.3 is 0 Å². The third-order valence-corrected chi connectivity index (χ3v) is 2.65. The molecule has 0 unspecified atom stereocenters. The Hall–Kier alpha value is -0.780. The highest BCUT2D eigenvalue weighted by molar-refractivity contribution is 5.23. The molecule has 1 rings (SSSR count). The fourth-order valence-corrected chi connectivity index (χ4v) is 1.84. The molecule has 0 aliphatic carbocycles. The summed E-state index contributed by atoms with van der Waals surface area (Å²) in [6.45, 7) is 13.1. The van der Waals surface area contributed by atoms with Crippen LogP contribution in [0, 0.1) is 11.8 Å². The van der Waals surface area contributed by atoms with Gasteiger partial charge in [0.25, 0.3) is 0 Å². The molecule has 0 aliphatic rings. The van der Waals surface area contributed by atoms with Crippen LogP contribution < -0.4 is 0 Å². The minimum absolute atomic E-state index is 0.755. The van der Waals surface area contributed by atoms with E-state index in [1.807, 2.05) is 13.8 Å². The van der Waals surface area contributed by atoms with E-state index in [1.165, 1.54) is 30.4 Å². The summed E-state index contributed by atoms with van der Waals surface area (Å²) in [5.74, 6) is 1.56. The Bertz CT molecular complexity index is 284. The van der Waals surface area contributed by atoms with E-state index in [4.69, 9.17) is 0 Å². The normalized spacial score (nSPS) is 10.4. The summed E-state index contributed by atoms with van der Waals surface area (Å²) >= 11 is 0. The topological polar surface area (TPSA) is 0 Å². The molecule has 0 bridgehead atoms. The minimum Gasteiger partial charge on any atom is -0.0683 e. The summed E-state index contributed by atoms with van der Waals surface area (Å²) in [7, 11) is 0. The average molecular weight is 234 g/mol. The Kier molecular flexibility index (Phi) is 8.85. The smallest absolute Gasteiger partial charge is 0.0256 e. The van der Waals surface area contributed by atoms with Crippen molar-refractivity contribution in [3.63, 3.8) is 0 Å². The van der Waals surface area contributed by atoms with E-state index < -0.39 is 0 Å². The lowest BCUT2D eigenvalue weighted by atomic mass is 9.97. The molecule has 0 heterocycles. The Morgan fingerprint density at radius 2 is 1.47 bits per heavy atom. The van der Waals surface area contributed by atoms with Crippen molar-refractivity contribution < 1.29 is 0 Å². The summed E-state index contributed by atoms with van der Waals surface area (Å²) in [4.78, 5) is 0. The molecule has 0 amide bonds. The van der Waals surface area contributed by atoms with Crippen molar-refractivity contribution in [1.29, 1.82) is 0 Å². The van der Waals surface area contributed by atoms with E-state index in [0.717, 1.165) is 11.8 Å². The van der Waals surface area contributed by atoms with Crippen molar-refractivity contribution in [3.8, 4) is 0 Å². The summed E-state index contributed by atoms with van der Waals surface area (Å²) < 4.78 is 0. The van der Waals surface area contributed by atoms with Gasteiger partial charge in [-0.05, 0) is 42.2 Å². The van der Waals surface area contributed by atoms with Crippen LogP contribution in [0.25, 0.3) is 0 Å². The first kappa shape index (κ1) is 16.2. The third-order valence-electron chi connectivity index (χ3n) is 2.65. The van der Waals surface area contributed by atoms with Crippen molar-refractivity contribution >= 4 is 0 Å². The van der Waals surface area contributed by atoms with Gasteiger partial charge in [-0.1, -0.05) is 65.8 Å². The van der Waals surface area contributed by atoms with Gasteiger partial charge in [0.2, 0.25) is 0 Å². The molecule has 98 valence electrons. The summed E-state index contributed by atoms with van der Waals surface area (Å²) in [6, 6.07) is 9.08. The summed E-state index contributed by atoms with van der Waals surface area (Å²) in [6.07, 6.45) is 3.73. The van der Waals surface area contributed by atoms with E-state index >= 15 is 0 Å². The fraction of sp³-hybridized carbons (Fsp3) is 0.647. The van der Waals surface area contributed by atoms with Crippen LogP contribution in [0.3, 0.4) is 0 Å². The van der Waals surface area contributed by atoms with Gasteiger partial charge >= 0.3 is 0 Å². The zero-order valence-electron chi connectivity index (χ0n) is 12.6. The number of aryl methyl sites for hydroxylation is 1. The molecule has 0 aliphatic heterocycles. The van der Waals surface area contributed by atoms with E-state index in [9.17, 15) is 0 Å². The molecule has 0 radical (unpaired) electrons. The lowest BCUT2D eigenvalue weighted by Gasteiger charge is -2.08. The van der Waals surface area contributed by atoms with Crippen LogP contribution in [0.2, 0.25) is 0 Å². The molecule has 0 atom stereocenters. The summed E-state index contributed by atoms with van der Waals surface area (Å²) in [5, 5.41) is 0. The lowest BCUT2D eigenvalue weighted by Crippen LogP contribution is -1.96. The van der Waals surface area contributed by atoms with E-state index in [1.54, 1.807) is 0 Å². The van der Waals surface area contributed by atoms with Crippen molar-refractivity contribution in [3.05, 3.63) is 35.4 Å². The van der Waals surface area contributed by atoms with Crippen LogP contribution >= 0.6 is 0 Å². The second-order valence-corrected chi connectivity index (χ2v) is 5.35. The van der Waals surface area contributed by atoms with E-state index in [2.05, 4.69) is 52.0 Å². The molecular weight excluding hydrogens is 204 g/mol. The standard InChI is InChI=1S/C15H24.C2H6/c1-12(2)8-9-14-6-5-7-15(11-14)10-13(3)4;1-2/h5-7,11-13H,8-10H2,1-4H3;1-2H3. The maximum absolute atomic E-state index is 2.38. The van der Waals surface area contributed by atoms with Crippen LogP contribution in [0.5, 0.6) is 0 Å². The van der Waals surface area contributed by atoms with Gasteiger partial charge in [0.05, 0.1) is 0 Å². The zero-order chi connectivity index (χ0) is 13.3. The number of benzene rings is 1. The number of hydrogen-bond acceptors (Lipinski definition) is 0. The molecule has 0 spiro atoms. The quantitative estimate of drug-likeness (QED) is 0.631. The highest BCUT2D eigenvalue weighted by atomic mass is 14.1. The highest BCUT2D eigenvalue weighted by Crippen LogP contribution is 2.13. The SMILES string of the molecule is CC.CC(C)CCc1cccc(CC(C)C)c1. The van der Waals surface area contributed by atoms with Crippen molar-refractivity contribution in [1.82, 2.24) is 0 Å². The Labute approximate surface area is 108 Å². The molecule has 0 aromatic heterocycles. The maximum atomic E-state index is 2.38. The minimum atomic E-state index is 0.755. The molecule has 0 fully saturated rings. The summed E-state index contributed by atoms with van der Waals surface area (Å²) in [5.41, 5.74) is 2.99. The fourth-order valence-electron chi connectivity index (χ4n) is 1.84. The second kappa shape index (κ2) is 9.27. The molecule has 0 saturated carbocycles. The van der Waals surface area contributed by atoms with Crippen molar-refractivity contribution in [2.45, 2.75) is 60.8 Å². The van der Waals surface area contributed by atoms with Crippen LogP contribution in [-0.2, 0) is 12.8 Å². The number of hydrogen-bond donors (Lipinski definition) is 0. The van der Waals surface area contributed by atoms with Gasteiger partial charge in [-0.3, -0.25) is 0 Å². The maximum Gasteiger partial charge on any atom is -0.0256 e. The molecule has 1 aromatic carbocycles. The van der Waals surface area contributed by atoms with Crippen LogP contribution in [0.1, 0.15) is 59.1 Å². The largest absolute Gasteiger partial charge is 0.0683 e. The molecule has 0 heteroatoms. The first-order valence-corrected chi connectivity index (χ1v) is 7.15. The Morgan fingerprint density at radius 3 is 2.00 bits per heavy atom. The second-order valence-electron chi connectivity index (χ2n) is 5.35. The predicted molar refractivity (Wildman–Crippen MR) is 79.5 cm³/mol. The lowest BCUT2D eigenvalue weighted by molar-refractivity contribution is 0.586. The third kappa shape index (κ3) is 8.01. The van der Waals surface area contributed by atoms with Gasteiger partial charge in [0, 0.05) is 0 Å². The van der Waals surface area contributed by atoms with Gasteiger partial charge in [-0.2, -0.15) is 0 Å². The first-order valence-electron chi connectivity index (χ1n) is 7.15. The average Bonchev–Trinajstić information content (AvgIpc) is 2.29. The monoisotopic (exact) mass is 234 g/mol. The van der Waals surface area contributed by atoms with Crippen LogP contribution in [-0.4, -0.2) is 0 Å². The molecule has 0 saturated heterocycles. The highest BCUT2D eigenvalue weighted by Gasteiger charge is 2.00. The van der Waals surface area contributed by atoms with Gasteiger partial charge in [0.1, 0.15) is 0 Å². The predicted octanol–water partition coefficient (Wildman–Crippen LogP) is 5.50. The molecule has 17 heavy (non-hydrogen) atoms. The van der Waals surface area contributed by atoms with Crippen molar-refractivity contribution in [2.24, 2.45) is 11.8 Å². The van der Waals surface area contributed by atoms with Crippen LogP contribution in [0.15, 0.2) is 24.3 Å². The first-order chi connectivity index (χ1) is 8.08. The molecule has 0 nitrogen and oxygen atoms in total. The van der Waals surface area contributed by atoms with Crippen molar-refractivity contribution in [2.75, 3.05) is 0 Å².